The Balaban J connectivity index is 0.841. The molecule has 398 valence electrons. The first kappa shape index (κ1) is 52.3. The van der Waals surface area contributed by atoms with E-state index in [1.807, 2.05) is 74.9 Å². The molecule has 5 aliphatic rings. The second-order valence-corrected chi connectivity index (χ2v) is 25.1. The van der Waals surface area contributed by atoms with E-state index < -0.39 is 25.4 Å². The predicted octanol–water partition coefficient (Wildman–Crippen LogP) is 8.03. The number of hydrogen-bond donors (Lipinski definition) is 5. The van der Waals surface area contributed by atoms with E-state index in [9.17, 15) is 16.8 Å². The molecule has 2 aromatic carbocycles. The third-order valence-electron chi connectivity index (χ3n) is 13.3. The number of anilines is 1. The quantitative estimate of drug-likeness (QED) is 0.0249. The van der Waals surface area contributed by atoms with Crippen LogP contribution in [0.2, 0.25) is 0 Å². The molecule has 75 heavy (non-hydrogen) atoms. The van der Waals surface area contributed by atoms with E-state index in [0.717, 1.165) is 38.5 Å². The highest BCUT2D eigenvalue weighted by atomic mass is 32.2. The lowest BCUT2D eigenvalue weighted by atomic mass is 9.97. The van der Waals surface area contributed by atoms with Crippen LogP contribution in [0.1, 0.15) is 64.6 Å². The Hall–Kier alpha value is -6.18. The first-order chi connectivity index (χ1) is 36.0. The number of ether oxygens (including phenoxy) is 4. The highest BCUT2D eigenvalue weighted by molar-refractivity contribution is 8.00. The first-order valence-corrected chi connectivity index (χ1v) is 29.6. The molecule has 5 aromatic rings. The highest BCUT2D eigenvalue weighted by Gasteiger charge is 2.37. The summed E-state index contributed by atoms with van der Waals surface area (Å²) in [5.41, 5.74) is 11.4. The number of allylic oxidation sites excluding steroid dienone is 1. The number of benzene rings is 2. The second kappa shape index (κ2) is 21.8. The maximum Gasteiger partial charge on any atom is 0.231 e. The van der Waals surface area contributed by atoms with Crippen molar-refractivity contribution in [2.75, 3.05) is 51.0 Å². The molecular formula is C51H60N10O10S4. The number of aromatic nitrogens is 2. The zero-order chi connectivity index (χ0) is 52.6. The standard InChI is InChI=1S/C51H60N10O10S4/c1-6-32-17-37(52)31(5)48(54-23-32)60(13-12-58-75(64,65)34-9-10-34)50(29(2)3)72-44-21-42-41(69-28-70-42)20-36(44)39-18-33(24-67-39)16-30(4)25-74(62,63)57-11-14-61-49-46(47(53)55-26-56-49)59-51(61)73-45-22-43-40(68-27-71-43)19-35(45)38-8-7-15-66-38/h7-8,15,18-24,30-31,34,50,52,56-58H,2,6,9-14,16-17,25-28H2,1,3-5H3,(H2,53,55). The molecule has 0 bridgehead atoms. The minimum Gasteiger partial charge on any atom is -0.464 e. The fourth-order valence-electron chi connectivity index (χ4n) is 9.24. The van der Waals surface area contributed by atoms with Crippen molar-refractivity contribution in [3.63, 3.8) is 0 Å². The van der Waals surface area contributed by atoms with Gasteiger partial charge in [-0.05, 0) is 97.7 Å². The van der Waals surface area contributed by atoms with E-state index in [1.54, 1.807) is 18.6 Å². The average molecular weight is 1100 g/mol. The maximum absolute atomic E-state index is 13.8. The van der Waals surface area contributed by atoms with E-state index in [2.05, 4.69) is 31.2 Å². The van der Waals surface area contributed by atoms with Gasteiger partial charge >= 0.3 is 0 Å². The van der Waals surface area contributed by atoms with Crippen LogP contribution in [-0.4, -0.2) is 105 Å². The number of rotatable bonds is 22. The third-order valence-corrected chi connectivity index (χ3v) is 19.4. The molecule has 3 atom stereocenters. The summed E-state index contributed by atoms with van der Waals surface area (Å²) >= 11 is 2.85. The van der Waals surface area contributed by atoms with Crippen LogP contribution in [-0.2, 0) is 33.0 Å². The fourth-order valence-corrected chi connectivity index (χ4v) is 14.3. The van der Waals surface area contributed by atoms with Crippen LogP contribution in [0.4, 0.5) is 5.82 Å². The smallest absolute Gasteiger partial charge is 0.231 e. The van der Waals surface area contributed by atoms with Gasteiger partial charge in [-0.2, -0.15) is 0 Å². The first-order valence-electron chi connectivity index (χ1n) is 24.7. The molecule has 4 aliphatic heterocycles. The van der Waals surface area contributed by atoms with E-state index in [4.69, 9.17) is 48.9 Å². The van der Waals surface area contributed by atoms with Gasteiger partial charge in [-0.1, -0.05) is 50.9 Å². The highest BCUT2D eigenvalue weighted by Crippen LogP contribution is 2.47. The molecule has 10 rings (SSSR count). The minimum atomic E-state index is -3.77. The SMILES string of the molecule is C=C(C)C(Sc1cc2c(cc1-c1cc(CC(C)CS(=O)(=O)NCCn3c(Sc4cc5c(cc4-c4ccco4)OCO5)nc4c3NCN=C4N)co1)OCO2)N(CCNS(=O)(=O)C1CC1)C1=NC=C(CC)CC(=N)C1C. The molecule has 0 spiro atoms. The molecule has 1 aliphatic carbocycles. The number of amidine groups is 2. The summed E-state index contributed by atoms with van der Waals surface area (Å²) in [6.45, 7) is 13.3. The van der Waals surface area contributed by atoms with E-state index in [-0.39, 0.29) is 75.1 Å². The van der Waals surface area contributed by atoms with Crippen LogP contribution in [0.5, 0.6) is 23.0 Å². The van der Waals surface area contributed by atoms with Crippen LogP contribution in [0.25, 0.3) is 22.6 Å². The van der Waals surface area contributed by atoms with Gasteiger partial charge in [-0.15, -0.1) is 0 Å². The van der Waals surface area contributed by atoms with Gasteiger partial charge in [0, 0.05) is 65.4 Å². The van der Waals surface area contributed by atoms with Crippen LogP contribution < -0.4 is 39.4 Å². The fraction of sp³-hybridized carbons (Fsp3) is 0.412. The zero-order valence-corrected chi connectivity index (χ0v) is 45.3. The number of thioether (sulfide) groups is 1. The van der Waals surface area contributed by atoms with Gasteiger partial charge in [0.15, 0.2) is 28.2 Å². The summed E-state index contributed by atoms with van der Waals surface area (Å²) in [7, 11) is -7.24. The largest absolute Gasteiger partial charge is 0.464 e. The Morgan fingerprint density at radius 1 is 0.987 bits per heavy atom. The van der Waals surface area contributed by atoms with Gasteiger partial charge in [0.25, 0.3) is 0 Å². The summed E-state index contributed by atoms with van der Waals surface area (Å²) in [6, 6.07) is 13.1. The third kappa shape index (κ3) is 11.6. The van der Waals surface area contributed by atoms with Gasteiger partial charge in [0.2, 0.25) is 33.6 Å². The predicted molar refractivity (Wildman–Crippen MR) is 289 cm³/mol. The van der Waals surface area contributed by atoms with Crippen molar-refractivity contribution in [3.05, 3.63) is 90.2 Å². The Morgan fingerprint density at radius 3 is 2.37 bits per heavy atom. The summed E-state index contributed by atoms with van der Waals surface area (Å²) in [5.74, 6) is 4.21. The lowest BCUT2D eigenvalue weighted by molar-refractivity contribution is 0.173. The number of fused-ring (bicyclic) bond motifs is 3. The zero-order valence-electron chi connectivity index (χ0n) is 42.0. The number of nitrogens with two attached hydrogens (primary N) is 1. The topological polar surface area (TPSA) is 263 Å². The Morgan fingerprint density at radius 2 is 1.69 bits per heavy atom. The van der Waals surface area contributed by atoms with Crippen molar-refractivity contribution in [3.8, 4) is 45.6 Å². The molecule has 0 saturated heterocycles. The van der Waals surface area contributed by atoms with Crippen molar-refractivity contribution in [1.29, 1.82) is 5.41 Å². The Bertz CT molecular complexity index is 3330. The van der Waals surface area contributed by atoms with Gasteiger partial charge in [-0.3, -0.25) is 0 Å². The normalized spacial score (nSPS) is 17.9. The molecule has 0 amide bonds. The molecule has 20 nitrogen and oxygen atoms in total. The molecule has 1 fully saturated rings. The lowest BCUT2D eigenvalue weighted by Gasteiger charge is -2.36. The summed E-state index contributed by atoms with van der Waals surface area (Å²) in [4.78, 5) is 17.7. The molecule has 0 radical (unpaired) electrons. The number of furan rings is 2. The maximum atomic E-state index is 13.8. The minimum absolute atomic E-state index is 0.0472. The van der Waals surface area contributed by atoms with Gasteiger partial charge in [-0.25, -0.2) is 41.2 Å². The number of hydrogen-bond acceptors (Lipinski definition) is 19. The number of imidazole rings is 1. The van der Waals surface area contributed by atoms with Crippen LogP contribution >= 0.6 is 23.5 Å². The average Bonchev–Trinajstić information content (AvgIpc) is 3.85. The Labute approximate surface area is 444 Å². The molecule has 6 N–H and O–H groups in total. The second-order valence-electron chi connectivity index (χ2n) is 19.1. The monoisotopic (exact) mass is 1100 g/mol. The summed E-state index contributed by atoms with van der Waals surface area (Å²) in [6.07, 6.45) is 8.03. The summed E-state index contributed by atoms with van der Waals surface area (Å²) < 4.78 is 96.1. The molecular weight excluding hydrogens is 1040 g/mol. The van der Waals surface area contributed by atoms with E-state index in [0.29, 0.717) is 94.0 Å². The van der Waals surface area contributed by atoms with E-state index >= 15 is 0 Å². The van der Waals surface area contributed by atoms with Crippen molar-refractivity contribution < 1.29 is 44.6 Å². The molecule has 7 heterocycles. The van der Waals surface area contributed by atoms with Gasteiger partial charge < -0.3 is 53.7 Å². The number of sulfonamides is 2. The molecule has 1 saturated carbocycles. The number of nitrogens with one attached hydrogen (secondary N) is 4. The molecule has 3 unspecified atom stereocenters. The molecule has 24 heteroatoms. The summed E-state index contributed by atoms with van der Waals surface area (Å²) in [5, 5.41) is 12.0. The van der Waals surface area contributed by atoms with Crippen LogP contribution in [0.3, 0.4) is 0 Å². The van der Waals surface area contributed by atoms with E-state index in [1.165, 1.54) is 23.5 Å². The van der Waals surface area contributed by atoms with Crippen molar-refractivity contribution in [2.24, 2.45) is 27.6 Å². The number of nitrogens with zero attached hydrogens (tertiary/aromatic N) is 5. The lowest BCUT2D eigenvalue weighted by Crippen LogP contribution is -2.47. The van der Waals surface area contributed by atoms with Crippen molar-refractivity contribution >= 4 is 66.8 Å². The van der Waals surface area contributed by atoms with Gasteiger partial charge in [0.05, 0.1) is 29.4 Å². The van der Waals surface area contributed by atoms with Crippen molar-refractivity contribution in [2.45, 2.75) is 91.9 Å². The molecule has 3 aromatic heterocycles. The van der Waals surface area contributed by atoms with Gasteiger partial charge in [0.1, 0.15) is 46.7 Å². The van der Waals surface area contributed by atoms with Crippen LogP contribution in [0.15, 0.2) is 113 Å². The number of aliphatic imine (C=N–C) groups is 2. The van der Waals surface area contributed by atoms with Crippen LogP contribution in [0, 0.1) is 17.2 Å². The Kier molecular flexibility index (Phi) is 15.2. The van der Waals surface area contributed by atoms with Crippen molar-refractivity contribution in [1.82, 2.24) is 23.9 Å².